The van der Waals surface area contributed by atoms with Crippen LogP contribution in [0.3, 0.4) is 0 Å². The molecule has 2 heterocycles. The number of ether oxygens (including phenoxy) is 1. The summed E-state index contributed by atoms with van der Waals surface area (Å²) in [7, 11) is 0. The first-order valence-corrected chi connectivity index (χ1v) is 6.50. The van der Waals surface area contributed by atoms with E-state index >= 15 is 0 Å². The monoisotopic (exact) mass is 286 g/mol. The molecule has 0 aliphatic carbocycles. The summed E-state index contributed by atoms with van der Waals surface area (Å²) in [5.41, 5.74) is -1.06. The Hall–Kier alpha value is -2.76. The van der Waals surface area contributed by atoms with Gasteiger partial charge in [0.25, 0.3) is 17.4 Å². The van der Waals surface area contributed by atoms with Crippen LogP contribution >= 0.6 is 0 Å². The second-order valence-electron chi connectivity index (χ2n) is 4.85. The molecule has 6 nitrogen and oxygen atoms in total. The van der Waals surface area contributed by atoms with Crippen LogP contribution in [0.25, 0.3) is 0 Å². The van der Waals surface area contributed by atoms with E-state index in [2.05, 4.69) is 10.6 Å². The maximum absolute atomic E-state index is 12.3. The number of carbonyl (C=O) groups is 2. The van der Waals surface area contributed by atoms with Gasteiger partial charge in [-0.2, -0.15) is 0 Å². The highest BCUT2D eigenvalue weighted by atomic mass is 16.5. The summed E-state index contributed by atoms with van der Waals surface area (Å²) in [5, 5.41) is 5.31. The molecule has 0 saturated heterocycles. The van der Waals surface area contributed by atoms with E-state index in [1.165, 1.54) is 13.2 Å². The number of nitrogens with one attached hydrogen (secondary N) is 2. The molecule has 108 valence electrons. The Bertz CT molecular complexity index is 681. The van der Waals surface area contributed by atoms with Gasteiger partial charge in [0.2, 0.25) is 0 Å². The van der Waals surface area contributed by atoms with Crippen LogP contribution in [0.15, 0.2) is 47.1 Å². The Morgan fingerprint density at radius 1 is 1.29 bits per heavy atom. The molecule has 0 spiro atoms. The molecule has 2 N–H and O–H groups in total. The van der Waals surface area contributed by atoms with E-state index in [1.54, 1.807) is 36.4 Å². The number of amides is 2. The first kappa shape index (κ1) is 13.2. The molecule has 0 saturated carbocycles. The van der Waals surface area contributed by atoms with Crippen molar-refractivity contribution < 1.29 is 18.7 Å². The van der Waals surface area contributed by atoms with E-state index in [0.29, 0.717) is 17.2 Å². The Labute approximate surface area is 121 Å². The Morgan fingerprint density at radius 2 is 2.10 bits per heavy atom. The van der Waals surface area contributed by atoms with Gasteiger partial charge >= 0.3 is 0 Å². The number of para-hydroxylation sites is 2. The average molecular weight is 286 g/mol. The molecule has 1 aromatic heterocycles. The summed E-state index contributed by atoms with van der Waals surface area (Å²) >= 11 is 0. The van der Waals surface area contributed by atoms with Crippen LogP contribution in [0.5, 0.6) is 5.75 Å². The predicted octanol–water partition coefficient (Wildman–Crippen LogP) is 1.69. The van der Waals surface area contributed by atoms with Crippen LogP contribution in [0.4, 0.5) is 5.69 Å². The van der Waals surface area contributed by atoms with E-state index in [1.807, 2.05) is 0 Å². The molecule has 1 aliphatic heterocycles. The summed E-state index contributed by atoms with van der Waals surface area (Å²) < 4.78 is 10.7. The molecule has 6 heteroatoms. The first-order valence-electron chi connectivity index (χ1n) is 6.50. The summed E-state index contributed by atoms with van der Waals surface area (Å²) in [6, 6.07) is 10.4. The Balaban J connectivity index is 1.77. The van der Waals surface area contributed by atoms with Crippen molar-refractivity contribution in [2.24, 2.45) is 0 Å². The predicted molar refractivity (Wildman–Crippen MR) is 74.7 cm³/mol. The lowest BCUT2D eigenvalue weighted by molar-refractivity contribution is -0.146. The molecule has 1 aromatic carbocycles. The number of benzene rings is 1. The lowest BCUT2D eigenvalue weighted by atomic mass is 10.0. The second kappa shape index (κ2) is 4.97. The van der Waals surface area contributed by atoms with Crippen LogP contribution in [-0.2, 0) is 16.1 Å². The molecule has 1 aliphatic rings. The fraction of sp³-hybridized carbons (Fsp3) is 0.200. The lowest BCUT2D eigenvalue weighted by Gasteiger charge is -2.33. The van der Waals surface area contributed by atoms with Gasteiger partial charge in [-0.25, -0.2) is 0 Å². The maximum Gasteiger partial charge on any atom is 0.278 e. The summed E-state index contributed by atoms with van der Waals surface area (Å²) in [6.07, 6.45) is 1.52. The Morgan fingerprint density at radius 3 is 2.86 bits per heavy atom. The van der Waals surface area contributed by atoms with Gasteiger partial charge in [-0.15, -0.1) is 0 Å². The summed E-state index contributed by atoms with van der Waals surface area (Å²) in [5.74, 6) is 0.0420. The second-order valence-corrected chi connectivity index (χ2v) is 4.85. The number of furan rings is 1. The SMILES string of the molecule is CC1(C(=O)NCc2ccco2)Oc2ccccc2NC1=O. The number of rotatable bonds is 3. The highest BCUT2D eigenvalue weighted by Crippen LogP contribution is 2.33. The van der Waals surface area contributed by atoms with Gasteiger partial charge in [-0.1, -0.05) is 12.1 Å². The zero-order valence-electron chi connectivity index (χ0n) is 11.4. The molecule has 0 bridgehead atoms. The van der Waals surface area contributed by atoms with Crippen molar-refractivity contribution in [2.75, 3.05) is 5.32 Å². The largest absolute Gasteiger partial charge is 0.467 e. The van der Waals surface area contributed by atoms with Crippen LogP contribution in [0.1, 0.15) is 12.7 Å². The van der Waals surface area contributed by atoms with E-state index < -0.39 is 17.4 Å². The molecule has 0 radical (unpaired) electrons. The highest BCUT2D eigenvalue weighted by molar-refractivity contribution is 6.15. The molecule has 1 unspecified atom stereocenters. The average Bonchev–Trinajstić information content (AvgIpc) is 2.99. The summed E-state index contributed by atoms with van der Waals surface area (Å²) in [6.45, 7) is 1.63. The third-order valence-corrected chi connectivity index (χ3v) is 3.32. The Kier molecular flexibility index (Phi) is 3.13. The molecule has 2 amide bonds. The molecular weight excluding hydrogens is 272 g/mol. The fourth-order valence-electron chi connectivity index (χ4n) is 2.07. The minimum absolute atomic E-state index is 0.194. The third-order valence-electron chi connectivity index (χ3n) is 3.32. The van der Waals surface area contributed by atoms with Gasteiger partial charge < -0.3 is 19.8 Å². The molecule has 1 atom stereocenters. The maximum atomic E-state index is 12.3. The van der Waals surface area contributed by atoms with Gasteiger partial charge in [0.05, 0.1) is 18.5 Å². The van der Waals surface area contributed by atoms with Crippen LogP contribution < -0.4 is 15.4 Å². The fourth-order valence-corrected chi connectivity index (χ4v) is 2.07. The minimum atomic E-state index is -1.61. The molecule has 2 aromatic rings. The van der Waals surface area contributed by atoms with E-state index in [0.717, 1.165) is 0 Å². The number of fused-ring (bicyclic) bond motifs is 1. The van der Waals surface area contributed by atoms with E-state index in [-0.39, 0.29) is 6.54 Å². The van der Waals surface area contributed by atoms with Gasteiger partial charge in [0.15, 0.2) is 0 Å². The van der Waals surface area contributed by atoms with Crippen molar-refractivity contribution >= 4 is 17.5 Å². The van der Waals surface area contributed by atoms with Crippen LogP contribution in [-0.4, -0.2) is 17.4 Å². The smallest absolute Gasteiger partial charge is 0.278 e. The zero-order valence-corrected chi connectivity index (χ0v) is 11.4. The van der Waals surface area contributed by atoms with Gasteiger partial charge in [-0.05, 0) is 31.2 Å². The van der Waals surface area contributed by atoms with E-state index in [4.69, 9.17) is 9.15 Å². The van der Waals surface area contributed by atoms with Crippen LogP contribution in [0, 0.1) is 0 Å². The van der Waals surface area contributed by atoms with Gasteiger partial charge in [0, 0.05) is 0 Å². The number of hydrogen-bond acceptors (Lipinski definition) is 4. The molecular formula is C15H14N2O4. The van der Waals surface area contributed by atoms with Crippen molar-refractivity contribution in [3.63, 3.8) is 0 Å². The van der Waals surface area contributed by atoms with Gasteiger partial charge in [-0.3, -0.25) is 9.59 Å². The zero-order chi connectivity index (χ0) is 14.9. The number of carbonyl (C=O) groups excluding carboxylic acids is 2. The van der Waals surface area contributed by atoms with Crippen molar-refractivity contribution in [2.45, 2.75) is 19.1 Å². The number of anilines is 1. The van der Waals surface area contributed by atoms with Crippen molar-refractivity contribution in [1.82, 2.24) is 5.32 Å². The topological polar surface area (TPSA) is 80.6 Å². The van der Waals surface area contributed by atoms with Crippen molar-refractivity contribution in [1.29, 1.82) is 0 Å². The molecule has 21 heavy (non-hydrogen) atoms. The van der Waals surface area contributed by atoms with Crippen molar-refractivity contribution in [3.8, 4) is 5.75 Å². The van der Waals surface area contributed by atoms with Crippen molar-refractivity contribution in [3.05, 3.63) is 48.4 Å². The standard InChI is InChI=1S/C15H14N2O4/c1-15(13(18)16-9-10-5-4-8-20-10)14(19)17-11-6-2-3-7-12(11)21-15/h2-8H,9H2,1H3,(H,16,18)(H,17,19). The molecule has 3 rings (SSSR count). The lowest BCUT2D eigenvalue weighted by Crippen LogP contribution is -2.58. The summed E-state index contributed by atoms with van der Waals surface area (Å²) in [4.78, 5) is 24.5. The normalized spacial score (nSPS) is 20.1. The first-order chi connectivity index (χ1) is 10.1. The third kappa shape index (κ3) is 2.35. The minimum Gasteiger partial charge on any atom is -0.467 e. The molecule has 0 fully saturated rings. The van der Waals surface area contributed by atoms with E-state index in [9.17, 15) is 9.59 Å². The number of hydrogen-bond donors (Lipinski definition) is 2. The highest BCUT2D eigenvalue weighted by Gasteiger charge is 2.47. The van der Waals surface area contributed by atoms with Crippen LogP contribution in [0.2, 0.25) is 0 Å². The quantitative estimate of drug-likeness (QED) is 0.841. The van der Waals surface area contributed by atoms with Gasteiger partial charge in [0.1, 0.15) is 11.5 Å².